The first kappa shape index (κ1) is 13.1. The van der Waals surface area contributed by atoms with Gasteiger partial charge in [0.25, 0.3) is 0 Å². The second-order valence-corrected chi connectivity index (χ2v) is 3.94. The van der Waals surface area contributed by atoms with Crippen LogP contribution in [0.4, 0.5) is 14.5 Å². The number of halogens is 2. The number of ether oxygens (including phenoxy) is 2. The predicted octanol–water partition coefficient (Wildman–Crippen LogP) is 3.13. The van der Waals surface area contributed by atoms with E-state index in [0.29, 0.717) is 11.8 Å². The average molecular weight is 265 g/mol. The van der Waals surface area contributed by atoms with E-state index >= 15 is 0 Å². The van der Waals surface area contributed by atoms with E-state index < -0.39 is 11.6 Å². The topological polar surface area (TPSA) is 44.5 Å². The maximum atomic E-state index is 13.2. The Balaban J connectivity index is 2.14. The van der Waals surface area contributed by atoms with E-state index in [1.807, 2.05) is 6.07 Å². The van der Waals surface area contributed by atoms with E-state index in [0.717, 1.165) is 11.6 Å². The molecule has 2 rings (SSSR count). The first-order chi connectivity index (χ1) is 9.10. The van der Waals surface area contributed by atoms with Crippen LogP contribution in [0, 0.1) is 11.6 Å². The number of hydrogen-bond acceptors (Lipinski definition) is 3. The molecule has 5 heteroatoms. The van der Waals surface area contributed by atoms with Gasteiger partial charge in [0.05, 0.1) is 7.11 Å². The quantitative estimate of drug-likeness (QED) is 0.864. The van der Waals surface area contributed by atoms with E-state index in [4.69, 9.17) is 15.2 Å². The van der Waals surface area contributed by atoms with Crippen LogP contribution in [0.3, 0.4) is 0 Å². The molecule has 0 heterocycles. The maximum Gasteiger partial charge on any atom is 0.152 e. The van der Waals surface area contributed by atoms with Gasteiger partial charge in [-0.15, -0.1) is 0 Å². The van der Waals surface area contributed by atoms with Crippen molar-refractivity contribution in [3.8, 4) is 11.5 Å². The lowest BCUT2D eigenvalue weighted by Gasteiger charge is -2.10. The summed E-state index contributed by atoms with van der Waals surface area (Å²) in [6.07, 6.45) is 0. The Morgan fingerprint density at radius 3 is 2.68 bits per heavy atom. The fourth-order valence-electron chi connectivity index (χ4n) is 1.60. The lowest BCUT2D eigenvalue weighted by Crippen LogP contribution is -2.01. The first-order valence-electron chi connectivity index (χ1n) is 5.60. The van der Waals surface area contributed by atoms with Crippen LogP contribution in [0.15, 0.2) is 36.4 Å². The molecule has 0 unspecified atom stereocenters. The molecule has 100 valence electrons. The van der Waals surface area contributed by atoms with Crippen molar-refractivity contribution in [1.29, 1.82) is 0 Å². The van der Waals surface area contributed by atoms with Gasteiger partial charge >= 0.3 is 0 Å². The van der Waals surface area contributed by atoms with Gasteiger partial charge in [-0.2, -0.15) is 0 Å². The van der Waals surface area contributed by atoms with Gasteiger partial charge in [0, 0.05) is 12.1 Å². The fourth-order valence-corrected chi connectivity index (χ4v) is 1.60. The standard InChI is InChI=1S/C14H13F2NO2/c1-18-11-4-2-3-9(5-11)8-19-13-7-10(15)6-12(16)14(13)17/h2-7H,8,17H2,1H3. The number of anilines is 1. The molecule has 0 aromatic heterocycles. The third kappa shape index (κ3) is 3.13. The van der Waals surface area contributed by atoms with Crippen molar-refractivity contribution >= 4 is 5.69 Å². The van der Waals surface area contributed by atoms with Crippen LogP contribution < -0.4 is 15.2 Å². The normalized spacial score (nSPS) is 10.3. The van der Waals surface area contributed by atoms with Crippen molar-refractivity contribution in [3.63, 3.8) is 0 Å². The minimum absolute atomic E-state index is 0.0136. The SMILES string of the molecule is COc1cccc(COc2cc(F)cc(F)c2N)c1. The third-order valence-corrected chi connectivity index (χ3v) is 2.58. The minimum Gasteiger partial charge on any atom is -0.497 e. The molecule has 2 aromatic carbocycles. The summed E-state index contributed by atoms with van der Waals surface area (Å²) in [5.74, 6) is -0.896. The Hall–Kier alpha value is -2.30. The lowest BCUT2D eigenvalue weighted by molar-refractivity contribution is 0.304. The molecular formula is C14H13F2NO2. The van der Waals surface area contributed by atoms with Crippen molar-refractivity contribution in [2.45, 2.75) is 6.61 Å². The summed E-state index contributed by atoms with van der Waals surface area (Å²) in [5, 5.41) is 0. The first-order valence-corrected chi connectivity index (χ1v) is 5.60. The Morgan fingerprint density at radius 1 is 1.16 bits per heavy atom. The van der Waals surface area contributed by atoms with Crippen molar-refractivity contribution < 1.29 is 18.3 Å². The van der Waals surface area contributed by atoms with Crippen molar-refractivity contribution in [2.24, 2.45) is 0 Å². The Kier molecular flexibility index (Phi) is 3.85. The summed E-state index contributed by atoms with van der Waals surface area (Å²) in [5.41, 5.74) is 6.08. The molecule has 0 atom stereocenters. The molecule has 0 aliphatic heterocycles. The smallest absolute Gasteiger partial charge is 0.152 e. The highest BCUT2D eigenvalue weighted by Gasteiger charge is 2.09. The van der Waals surface area contributed by atoms with Crippen molar-refractivity contribution in [3.05, 3.63) is 53.6 Å². The van der Waals surface area contributed by atoms with Crippen molar-refractivity contribution in [2.75, 3.05) is 12.8 Å². The van der Waals surface area contributed by atoms with Crippen LogP contribution >= 0.6 is 0 Å². The Labute approximate surface area is 109 Å². The molecule has 0 radical (unpaired) electrons. The zero-order valence-electron chi connectivity index (χ0n) is 10.3. The van der Waals surface area contributed by atoms with E-state index in [1.54, 1.807) is 25.3 Å². The molecule has 0 amide bonds. The summed E-state index contributed by atoms with van der Waals surface area (Å²) in [4.78, 5) is 0. The molecular weight excluding hydrogens is 252 g/mol. The van der Waals surface area contributed by atoms with Crippen LogP contribution in [0.5, 0.6) is 11.5 Å². The second-order valence-electron chi connectivity index (χ2n) is 3.94. The number of hydrogen-bond donors (Lipinski definition) is 1. The third-order valence-electron chi connectivity index (χ3n) is 2.58. The Bertz CT molecular complexity index is 588. The monoisotopic (exact) mass is 265 g/mol. The summed E-state index contributed by atoms with van der Waals surface area (Å²) in [6.45, 7) is 0.143. The van der Waals surface area contributed by atoms with Gasteiger partial charge in [-0.1, -0.05) is 12.1 Å². The van der Waals surface area contributed by atoms with E-state index in [1.165, 1.54) is 0 Å². The largest absolute Gasteiger partial charge is 0.497 e. The van der Waals surface area contributed by atoms with Crippen LogP contribution in [0.1, 0.15) is 5.56 Å². The summed E-state index contributed by atoms with van der Waals surface area (Å²) >= 11 is 0. The van der Waals surface area contributed by atoms with E-state index in [-0.39, 0.29) is 18.0 Å². The van der Waals surface area contributed by atoms with Gasteiger partial charge in [0.15, 0.2) is 5.82 Å². The molecule has 0 spiro atoms. The number of nitrogen functional groups attached to an aromatic ring is 1. The van der Waals surface area contributed by atoms with Gasteiger partial charge in [-0.25, -0.2) is 8.78 Å². The molecule has 3 nitrogen and oxygen atoms in total. The zero-order valence-corrected chi connectivity index (χ0v) is 10.3. The van der Waals surface area contributed by atoms with Crippen LogP contribution in [0.25, 0.3) is 0 Å². The average Bonchev–Trinajstić information content (AvgIpc) is 2.41. The maximum absolute atomic E-state index is 13.2. The molecule has 0 aliphatic carbocycles. The predicted molar refractivity (Wildman–Crippen MR) is 68.1 cm³/mol. The zero-order chi connectivity index (χ0) is 13.8. The number of benzene rings is 2. The highest BCUT2D eigenvalue weighted by molar-refractivity contribution is 5.53. The van der Waals surface area contributed by atoms with Crippen molar-refractivity contribution in [1.82, 2.24) is 0 Å². The summed E-state index contributed by atoms with van der Waals surface area (Å²) in [7, 11) is 1.56. The Morgan fingerprint density at radius 2 is 1.95 bits per heavy atom. The minimum atomic E-state index is -0.833. The molecule has 2 N–H and O–H groups in total. The van der Waals surface area contributed by atoms with Gasteiger partial charge in [-0.3, -0.25) is 0 Å². The number of rotatable bonds is 4. The molecule has 0 saturated heterocycles. The lowest BCUT2D eigenvalue weighted by atomic mass is 10.2. The van der Waals surface area contributed by atoms with Crippen LogP contribution in [-0.4, -0.2) is 7.11 Å². The van der Waals surface area contributed by atoms with Gasteiger partial charge in [0.2, 0.25) is 0 Å². The summed E-state index contributed by atoms with van der Waals surface area (Å²) in [6, 6.07) is 8.94. The molecule has 0 fully saturated rings. The van der Waals surface area contributed by atoms with E-state index in [2.05, 4.69) is 0 Å². The molecule has 0 bridgehead atoms. The fraction of sp³-hybridized carbons (Fsp3) is 0.143. The van der Waals surface area contributed by atoms with Gasteiger partial charge < -0.3 is 15.2 Å². The number of nitrogens with two attached hydrogens (primary N) is 1. The molecule has 0 aliphatic rings. The van der Waals surface area contributed by atoms with Crippen LogP contribution in [0.2, 0.25) is 0 Å². The van der Waals surface area contributed by atoms with Gasteiger partial charge in [-0.05, 0) is 17.7 Å². The number of methoxy groups -OCH3 is 1. The highest BCUT2D eigenvalue weighted by atomic mass is 19.1. The second kappa shape index (κ2) is 5.56. The molecule has 2 aromatic rings. The molecule has 19 heavy (non-hydrogen) atoms. The van der Waals surface area contributed by atoms with E-state index in [9.17, 15) is 8.78 Å². The summed E-state index contributed by atoms with van der Waals surface area (Å²) < 4.78 is 36.7. The highest BCUT2D eigenvalue weighted by Crippen LogP contribution is 2.26. The molecule has 0 saturated carbocycles. The van der Waals surface area contributed by atoms with Gasteiger partial charge in [0.1, 0.15) is 29.6 Å². The van der Waals surface area contributed by atoms with Crippen LogP contribution in [-0.2, 0) is 6.61 Å².